The Balaban J connectivity index is 2.89. The number of aryl methyl sites for hydroxylation is 1. The van der Waals surface area contributed by atoms with Crippen molar-refractivity contribution < 1.29 is 9.53 Å². The van der Waals surface area contributed by atoms with Crippen LogP contribution in [0.5, 0.6) is 5.88 Å². The van der Waals surface area contributed by atoms with Crippen LogP contribution in [0.4, 0.5) is 0 Å². The molecular weight excluding hydrogens is 168 g/mol. The Bertz CT molecular complexity index is 323. The third kappa shape index (κ3) is 2.50. The van der Waals surface area contributed by atoms with Gasteiger partial charge in [-0.15, -0.1) is 0 Å². The summed E-state index contributed by atoms with van der Waals surface area (Å²) < 4.78 is 4.95. The molecule has 0 saturated heterocycles. The normalized spacial score (nSPS) is 9.77. The van der Waals surface area contributed by atoms with E-state index in [0.717, 1.165) is 0 Å². The average molecular weight is 180 g/mol. The SMILES string of the molecule is COc1ncc(CC(C)=O)nc1C. The highest BCUT2D eigenvalue weighted by molar-refractivity contribution is 5.77. The number of methoxy groups -OCH3 is 1. The lowest BCUT2D eigenvalue weighted by molar-refractivity contribution is -0.116. The molecule has 0 aliphatic carbocycles. The summed E-state index contributed by atoms with van der Waals surface area (Å²) in [6.07, 6.45) is 1.89. The highest BCUT2D eigenvalue weighted by Gasteiger charge is 2.04. The Morgan fingerprint density at radius 3 is 2.77 bits per heavy atom. The molecule has 0 radical (unpaired) electrons. The second-order valence-electron chi connectivity index (χ2n) is 2.83. The molecule has 4 heteroatoms. The summed E-state index contributed by atoms with van der Waals surface area (Å²) in [5.74, 6) is 0.589. The fourth-order valence-corrected chi connectivity index (χ4v) is 1.06. The first-order valence-corrected chi connectivity index (χ1v) is 3.99. The molecule has 0 fully saturated rings. The number of Topliss-reactive ketones (excluding diaryl/α,β-unsaturated/α-hetero) is 1. The molecule has 0 spiro atoms. The van der Waals surface area contributed by atoms with E-state index in [4.69, 9.17) is 4.74 Å². The van der Waals surface area contributed by atoms with Crippen LogP contribution in [0.3, 0.4) is 0 Å². The highest BCUT2D eigenvalue weighted by atomic mass is 16.5. The first-order chi connectivity index (χ1) is 6.13. The predicted octanol–water partition coefficient (Wildman–Crippen LogP) is 0.925. The molecule has 1 aromatic heterocycles. The van der Waals surface area contributed by atoms with Crippen LogP contribution in [-0.2, 0) is 11.2 Å². The van der Waals surface area contributed by atoms with E-state index in [1.807, 2.05) is 0 Å². The maximum atomic E-state index is 10.8. The molecule has 0 unspecified atom stereocenters. The van der Waals surface area contributed by atoms with Crippen LogP contribution >= 0.6 is 0 Å². The molecule has 0 atom stereocenters. The zero-order chi connectivity index (χ0) is 9.84. The third-order valence-electron chi connectivity index (χ3n) is 1.58. The number of carbonyl (C=O) groups is 1. The molecule has 0 amide bonds. The lowest BCUT2D eigenvalue weighted by Gasteiger charge is -2.03. The number of carbonyl (C=O) groups excluding carboxylic acids is 1. The standard InChI is InChI=1S/C9H12N2O2/c1-6(12)4-8-5-10-9(13-3)7(2)11-8/h5H,4H2,1-3H3. The van der Waals surface area contributed by atoms with Crippen molar-refractivity contribution in [3.63, 3.8) is 0 Å². The maximum Gasteiger partial charge on any atom is 0.235 e. The van der Waals surface area contributed by atoms with Crippen molar-refractivity contribution in [3.8, 4) is 5.88 Å². The van der Waals surface area contributed by atoms with Crippen LogP contribution in [0, 0.1) is 6.92 Å². The summed E-state index contributed by atoms with van der Waals surface area (Å²) in [7, 11) is 1.54. The first-order valence-electron chi connectivity index (χ1n) is 3.99. The van der Waals surface area contributed by atoms with Gasteiger partial charge in [-0.25, -0.2) is 4.98 Å². The molecule has 1 rings (SSSR count). The average Bonchev–Trinajstić information content (AvgIpc) is 2.03. The Hall–Kier alpha value is -1.45. The van der Waals surface area contributed by atoms with Gasteiger partial charge in [-0.1, -0.05) is 0 Å². The zero-order valence-electron chi connectivity index (χ0n) is 8.00. The number of ketones is 1. The van der Waals surface area contributed by atoms with Crippen LogP contribution in [0.1, 0.15) is 18.3 Å². The van der Waals surface area contributed by atoms with Crippen molar-refractivity contribution in [2.24, 2.45) is 0 Å². The van der Waals surface area contributed by atoms with Crippen LogP contribution in [-0.4, -0.2) is 22.9 Å². The van der Waals surface area contributed by atoms with Gasteiger partial charge in [0.25, 0.3) is 0 Å². The van der Waals surface area contributed by atoms with Gasteiger partial charge in [-0.2, -0.15) is 0 Å². The first kappa shape index (κ1) is 9.64. The van der Waals surface area contributed by atoms with Gasteiger partial charge in [0.2, 0.25) is 5.88 Å². The lowest BCUT2D eigenvalue weighted by atomic mass is 10.2. The van der Waals surface area contributed by atoms with Crippen molar-refractivity contribution >= 4 is 5.78 Å². The Labute approximate surface area is 77.0 Å². The molecule has 0 N–H and O–H groups in total. The second-order valence-corrected chi connectivity index (χ2v) is 2.83. The Morgan fingerprint density at radius 2 is 2.31 bits per heavy atom. The summed E-state index contributed by atoms with van der Waals surface area (Å²) in [6, 6.07) is 0. The van der Waals surface area contributed by atoms with Crippen LogP contribution in [0.15, 0.2) is 6.20 Å². The number of aromatic nitrogens is 2. The molecule has 0 aromatic carbocycles. The topological polar surface area (TPSA) is 52.1 Å². The largest absolute Gasteiger partial charge is 0.480 e. The second kappa shape index (κ2) is 3.98. The number of hydrogen-bond donors (Lipinski definition) is 0. The van der Waals surface area contributed by atoms with E-state index >= 15 is 0 Å². The van der Waals surface area contributed by atoms with Crippen LogP contribution in [0.25, 0.3) is 0 Å². The highest BCUT2D eigenvalue weighted by Crippen LogP contribution is 2.10. The van der Waals surface area contributed by atoms with E-state index in [2.05, 4.69) is 9.97 Å². The third-order valence-corrected chi connectivity index (χ3v) is 1.58. The van der Waals surface area contributed by atoms with E-state index in [1.165, 1.54) is 6.92 Å². The molecule has 0 aliphatic rings. The fourth-order valence-electron chi connectivity index (χ4n) is 1.06. The van der Waals surface area contributed by atoms with Gasteiger partial charge in [-0.3, -0.25) is 9.78 Å². The zero-order valence-corrected chi connectivity index (χ0v) is 8.00. The number of nitrogens with zero attached hydrogens (tertiary/aromatic N) is 2. The summed E-state index contributed by atoms with van der Waals surface area (Å²) in [5.41, 5.74) is 1.40. The molecule has 70 valence electrons. The molecule has 0 saturated carbocycles. The van der Waals surface area contributed by atoms with E-state index in [0.29, 0.717) is 23.7 Å². The van der Waals surface area contributed by atoms with Gasteiger partial charge in [0, 0.05) is 6.42 Å². The summed E-state index contributed by atoms with van der Waals surface area (Å²) >= 11 is 0. The number of ether oxygens (including phenoxy) is 1. The summed E-state index contributed by atoms with van der Waals surface area (Å²) in [5, 5.41) is 0. The van der Waals surface area contributed by atoms with E-state index < -0.39 is 0 Å². The molecule has 4 nitrogen and oxygen atoms in total. The van der Waals surface area contributed by atoms with Gasteiger partial charge in [0.1, 0.15) is 5.78 Å². The minimum absolute atomic E-state index is 0.0823. The van der Waals surface area contributed by atoms with Crippen molar-refractivity contribution in [2.75, 3.05) is 7.11 Å². The Kier molecular flexibility index (Phi) is 2.95. The lowest BCUT2D eigenvalue weighted by Crippen LogP contribution is -2.03. The van der Waals surface area contributed by atoms with Gasteiger partial charge < -0.3 is 4.74 Å². The fraction of sp³-hybridized carbons (Fsp3) is 0.444. The molecule has 1 aromatic rings. The molecule has 13 heavy (non-hydrogen) atoms. The van der Waals surface area contributed by atoms with Crippen molar-refractivity contribution in [3.05, 3.63) is 17.6 Å². The quantitative estimate of drug-likeness (QED) is 0.694. The van der Waals surface area contributed by atoms with Gasteiger partial charge in [0.15, 0.2) is 0 Å². The van der Waals surface area contributed by atoms with Gasteiger partial charge in [-0.05, 0) is 13.8 Å². The van der Waals surface area contributed by atoms with E-state index in [9.17, 15) is 4.79 Å². The van der Waals surface area contributed by atoms with E-state index in [-0.39, 0.29) is 5.78 Å². The summed E-state index contributed by atoms with van der Waals surface area (Å²) in [4.78, 5) is 19.0. The number of rotatable bonds is 3. The monoisotopic (exact) mass is 180 g/mol. The van der Waals surface area contributed by atoms with Crippen molar-refractivity contribution in [1.29, 1.82) is 0 Å². The molecule has 0 bridgehead atoms. The Morgan fingerprint density at radius 1 is 1.62 bits per heavy atom. The van der Waals surface area contributed by atoms with Crippen LogP contribution < -0.4 is 4.74 Å². The minimum atomic E-state index is 0.0823. The maximum absolute atomic E-state index is 10.8. The smallest absolute Gasteiger partial charge is 0.235 e. The van der Waals surface area contributed by atoms with E-state index in [1.54, 1.807) is 20.2 Å². The van der Waals surface area contributed by atoms with Crippen molar-refractivity contribution in [2.45, 2.75) is 20.3 Å². The van der Waals surface area contributed by atoms with Crippen molar-refractivity contribution in [1.82, 2.24) is 9.97 Å². The molecule has 0 aliphatic heterocycles. The van der Waals surface area contributed by atoms with Crippen LogP contribution in [0.2, 0.25) is 0 Å². The molecular formula is C9H12N2O2. The molecule has 1 heterocycles. The summed E-state index contributed by atoms with van der Waals surface area (Å²) in [6.45, 7) is 3.33. The van der Waals surface area contributed by atoms with Gasteiger partial charge >= 0.3 is 0 Å². The minimum Gasteiger partial charge on any atom is -0.480 e. The number of hydrogen-bond acceptors (Lipinski definition) is 4. The van der Waals surface area contributed by atoms with Gasteiger partial charge in [0.05, 0.1) is 24.7 Å². The predicted molar refractivity (Wildman–Crippen MR) is 47.7 cm³/mol.